The Morgan fingerprint density at radius 1 is 1.56 bits per heavy atom. The van der Waals surface area contributed by atoms with Crippen molar-refractivity contribution in [3.05, 3.63) is 16.7 Å². The highest BCUT2D eigenvalue weighted by molar-refractivity contribution is 7.51. The van der Waals surface area contributed by atoms with Gasteiger partial charge in [0.1, 0.15) is 12.0 Å². The number of aliphatic hydroxyl groups excluding tert-OH is 1. The first kappa shape index (κ1) is 17.6. The molecule has 13 heteroatoms. The average molecular weight is 371 g/mol. The van der Waals surface area contributed by atoms with Crippen LogP contribution in [0.5, 0.6) is 0 Å². The Balaban J connectivity index is 1.94. The molecule has 25 heavy (non-hydrogen) atoms. The Morgan fingerprint density at radius 2 is 2.28 bits per heavy atom. The largest absolute Gasteiger partial charge is 0.387 e. The molecule has 0 saturated carbocycles. The highest BCUT2D eigenvalue weighted by atomic mass is 31.2. The average Bonchev–Trinajstić information content (AvgIpc) is 3.05. The van der Waals surface area contributed by atoms with Crippen molar-refractivity contribution < 1.29 is 28.9 Å². The molecule has 3 heterocycles. The Labute approximate surface area is 139 Å². The number of aromatic nitrogens is 4. The molecule has 0 spiro atoms. The lowest BCUT2D eigenvalue weighted by molar-refractivity contribution is -0.151. The molecule has 6 N–H and O–H groups in total. The molecule has 0 bridgehead atoms. The molecule has 0 amide bonds. The van der Waals surface area contributed by atoms with Crippen LogP contribution in [0.25, 0.3) is 11.2 Å². The SMILES string of the molecule is C#CC1C(OCP(=O)(O)O)OC(n2cnc3c(=O)[nH]c(N)nc32)C1O. The van der Waals surface area contributed by atoms with Gasteiger partial charge in [0.2, 0.25) is 5.95 Å². The number of fused-ring (bicyclic) bond motifs is 1. The Morgan fingerprint density at radius 3 is 2.92 bits per heavy atom. The third kappa shape index (κ3) is 3.29. The summed E-state index contributed by atoms with van der Waals surface area (Å²) in [5, 5.41) is 10.4. The Hall–Kier alpha value is -2.26. The second kappa shape index (κ2) is 6.23. The van der Waals surface area contributed by atoms with Crippen molar-refractivity contribution in [2.75, 3.05) is 12.1 Å². The van der Waals surface area contributed by atoms with Crippen molar-refractivity contribution in [1.29, 1.82) is 0 Å². The fourth-order valence-corrected chi connectivity index (χ4v) is 2.83. The van der Waals surface area contributed by atoms with Gasteiger partial charge in [0, 0.05) is 0 Å². The van der Waals surface area contributed by atoms with Gasteiger partial charge >= 0.3 is 7.60 Å². The number of rotatable bonds is 4. The minimum atomic E-state index is -4.45. The molecular weight excluding hydrogens is 357 g/mol. The Bertz CT molecular complexity index is 943. The summed E-state index contributed by atoms with van der Waals surface area (Å²) >= 11 is 0. The fraction of sp³-hybridized carbons (Fsp3) is 0.417. The van der Waals surface area contributed by atoms with Crippen molar-refractivity contribution in [3.8, 4) is 12.3 Å². The molecule has 134 valence electrons. The lowest BCUT2D eigenvalue weighted by Gasteiger charge is -2.16. The number of aromatic amines is 1. The first-order valence-electron chi connectivity index (χ1n) is 6.89. The van der Waals surface area contributed by atoms with Crippen LogP contribution in [-0.2, 0) is 14.0 Å². The minimum absolute atomic E-state index is 0.0261. The van der Waals surface area contributed by atoms with Crippen molar-refractivity contribution >= 4 is 24.7 Å². The van der Waals surface area contributed by atoms with E-state index in [1.54, 1.807) is 0 Å². The summed E-state index contributed by atoms with van der Waals surface area (Å²) in [6, 6.07) is 0. The van der Waals surface area contributed by atoms with Crippen LogP contribution in [0.2, 0.25) is 0 Å². The molecule has 3 rings (SSSR count). The molecule has 2 aromatic heterocycles. The van der Waals surface area contributed by atoms with Crippen LogP contribution >= 0.6 is 7.60 Å². The number of aliphatic hydroxyl groups is 1. The van der Waals surface area contributed by atoms with Gasteiger partial charge in [0.05, 0.1) is 6.33 Å². The standard InChI is InChI=1S/C12H14N5O7P/c1-2-5-7(18)10(24-11(5)23-4-25(20,21)22)17-3-14-6-8(17)15-12(13)16-9(6)19/h1,3,5,7,10-11,18H,4H2,(H2,20,21,22)(H3,13,15,16,19). The summed E-state index contributed by atoms with van der Waals surface area (Å²) in [5.41, 5.74) is 4.96. The van der Waals surface area contributed by atoms with E-state index in [0.717, 1.165) is 0 Å². The van der Waals surface area contributed by atoms with E-state index in [0.29, 0.717) is 0 Å². The van der Waals surface area contributed by atoms with Gasteiger partial charge in [-0.2, -0.15) is 4.98 Å². The van der Waals surface area contributed by atoms with Gasteiger partial charge in [-0.1, -0.05) is 5.92 Å². The second-order valence-corrected chi connectivity index (χ2v) is 6.90. The maximum Gasteiger partial charge on any atom is 0.351 e. The number of nitrogens with zero attached hydrogens (tertiary/aromatic N) is 3. The predicted octanol–water partition coefficient (Wildman–Crippen LogP) is -1.68. The number of hydrogen-bond donors (Lipinski definition) is 5. The molecule has 2 aromatic rings. The van der Waals surface area contributed by atoms with Gasteiger partial charge < -0.3 is 30.1 Å². The zero-order chi connectivity index (χ0) is 18.4. The molecule has 1 saturated heterocycles. The smallest absolute Gasteiger partial charge is 0.351 e. The molecule has 0 radical (unpaired) electrons. The molecule has 1 aliphatic rings. The summed E-state index contributed by atoms with van der Waals surface area (Å²) in [6.45, 7) is 0. The molecule has 0 aromatic carbocycles. The van der Waals surface area contributed by atoms with E-state index in [-0.39, 0.29) is 17.1 Å². The maximum atomic E-state index is 11.8. The summed E-state index contributed by atoms with van der Waals surface area (Å²) < 4.78 is 22.7. The molecular formula is C12H14N5O7P. The van der Waals surface area contributed by atoms with E-state index in [2.05, 4.69) is 20.9 Å². The molecule has 0 aliphatic carbocycles. The topological polar surface area (TPSA) is 186 Å². The first-order chi connectivity index (χ1) is 11.7. The van der Waals surface area contributed by atoms with Crippen molar-refractivity contribution in [2.45, 2.75) is 18.6 Å². The number of nitrogen functional groups attached to an aromatic ring is 1. The first-order valence-corrected chi connectivity index (χ1v) is 8.69. The zero-order valence-electron chi connectivity index (χ0n) is 12.5. The predicted molar refractivity (Wildman–Crippen MR) is 82.8 cm³/mol. The van der Waals surface area contributed by atoms with Gasteiger partial charge in [0.25, 0.3) is 5.56 Å². The summed E-state index contributed by atoms with van der Waals surface area (Å²) in [4.78, 5) is 39.7. The lowest BCUT2D eigenvalue weighted by Crippen LogP contribution is -2.26. The van der Waals surface area contributed by atoms with Crippen LogP contribution in [0, 0.1) is 18.3 Å². The number of nitrogens with two attached hydrogens (primary N) is 1. The quantitative estimate of drug-likeness (QED) is 0.307. The van der Waals surface area contributed by atoms with Gasteiger partial charge in [-0.25, -0.2) is 4.98 Å². The highest BCUT2D eigenvalue weighted by Gasteiger charge is 2.45. The summed E-state index contributed by atoms with van der Waals surface area (Å²) in [6.07, 6.45) is 1.93. The molecule has 4 atom stereocenters. The minimum Gasteiger partial charge on any atom is -0.387 e. The third-order valence-electron chi connectivity index (χ3n) is 3.55. The van der Waals surface area contributed by atoms with Crippen molar-refractivity contribution in [3.63, 3.8) is 0 Å². The Kier molecular flexibility index (Phi) is 4.38. The fourth-order valence-electron chi connectivity index (χ4n) is 2.49. The van der Waals surface area contributed by atoms with Gasteiger partial charge in [0.15, 0.2) is 30.0 Å². The van der Waals surface area contributed by atoms with Crippen LogP contribution in [0.4, 0.5) is 5.95 Å². The van der Waals surface area contributed by atoms with Crippen LogP contribution in [0.1, 0.15) is 6.23 Å². The number of nitrogens with one attached hydrogen (secondary N) is 1. The zero-order valence-corrected chi connectivity index (χ0v) is 13.4. The molecule has 12 nitrogen and oxygen atoms in total. The lowest BCUT2D eigenvalue weighted by atomic mass is 10.0. The number of anilines is 1. The van der Waals surface area contributed by atoms with Crippen molar-refractivity contribution in [1.82, 2.24) is 19.5 Å². The normalized spacial score (nSPS) is 26.8. The summed E-state index contributed by atoms with van der Waals surface area (Å²) in [5.74, 6) is 1.10. The molecule has 4 unspecified atom stereocenters. The third-order valence-corrected chi connectivity index (χ3v) is 4.04. The number of ether oxygens (including phenoxy) is 2. The van der Waals surface area contributed by atoms with Crippen LogP contribution in [-0.4, -0.2) is 53.2 Å². The van der Waals surface area contributed by atoms with Gasteiger partial charge in [-0.15, -0.1) is 6.42 Å². The van der Waals surface area contributed by atoms with Crippen LogP contribution < -0.4 is 11.3 Å². The molecule has 1 fully saturated rings. The number of hydrogen-bond acceptors (Lipinski definition) is 8. The van der Waals surface area contributed by atoms with E-state index < -0.39 is 44.0 Å². The van der Waals surface area contributed by atoms with Gasteiger partial charge in [-0.05, 0) is 0 Å². The van der Waals surface area contributed by atoms with E-state index in [1.807, 2.05) is 0 Å². The monoisotopic (exact) mass is 371 g/mol. The van der Waals surface area contributed by atoms with E-state index in [1.165, 1.54) is 10.9 Å². The number of imidazole rings is 1. The molecule has 1 aliphatic heterocycles. The van der Waals surface area contributed by atoms with E-state index >= 15 is 0 Å². The van der Waals surface area contributed by atoms with E-state index in [4.69, 9.17) is 31.4 Å². The van der Waals surface area contributed by atoms with Crippen molar-refractivity contribution in [2.24, 2.45) is 5.92 Å². The van der Waals surface area contributed by atoms with Crippen LogP contribution in [0.3, 0.4) is 0 Å². The van der Waals surface area contributed by atoms with Crippen LogP contribution in [0.15, 0.2) is 11.1 Å². The highest BCUT2D eigenvalue weighted by Crippen LogP contribution is 2.39. The number of terminal acetylenes is 1. The van der Waals surface area contributed by atoms with Gasteiger partial charge in [-0.3, -0.25) is 18.9 Å². The second-order valence-electron chi connectivity index (χ2n) is 5.31. The number of H-pyrrole nitrogens is 1. The summed E-state index contributed by atoms with van der Waals surface area (Å²) in [7, 11) is -4.45. The maximum absolute atomic E-state index is 11.8. The van der Waals surface area contributed by atoms with E-state index in [9.17, 15) is 14.5 Å².